The zero-order chi connectivity index (χ0) is 15.2. The lowest BCUT2D eigenvalue weighted by Gasteiger charge is -2.25. The number of hydrogen-bond donors (Lipinski definition) is 2. The van der Waals surface area contributed by atoms with Crippen molar-refractivity contribution >= 4 is 11.9 Å². The molecule has 0 radical (unpaired) electrons. The molecular formula is C16H23NO3. The van der Waals surface area contributed by atoms with Crippen molar-refractivity contribution in [2.45, 2.75) is 39.0 Å². The first-order valence-electron chi connectivity index (χ1n) is 6.85. The van der Waals surface area contributed by atoms with Gasteiger partial charge in [-0.2, -0.15) is 0 Å². The topological polar surface area (TPSA) is 66.4 Å². The molecule has 0 bridgehead atoms. The Labute approximate surface area is 120 Å². The Morgan fingerprint density at radius 2 is 1.85 bits per heavy atom. The van der Waals surface area contributed by atoms with E-state index >= 15 is 0 Å². The number of carboxylic acid groups (broad SMARTS) is 1. The molecule has 0 aliphatic heterocycles. The van der Waals surface area contributed by atoms with E-state index in [9.17, 15) is 9.59 Å². The summed E-state index contributed by atoms with van der Waals surface area (Å²) in [4.78, 5) is 22.5. The molecule has 0 aromatic heterocycles. The molecule has 0 spiro atoms. The standard InChI is InChI=1S/C16H23NO3/c1-12(9-15(19)20)11-17-14(18)10-16(2,3)13-7-5-4-6-8-13/h4-8,12H,9-11H2,1-3H3,(H,17,18)(H,19,20). The van der Waals surface area contributed by atoms with Crippen LogP contribution >= 0.6 is 0 Å². The minimum Gasteiger partial charge on any atom is -0.481 e. The maximum atomic E-state index is 12.0. The van der Waals surface area contributed by atoms with Crippen LogP contribution in [0.4, 0.5) is 0 Å². The van der Waals surface area contributed by atoms with Gasteiger partial charge in [0, 0.05) is 19.4 Å². The molecule has 0 aliphatic carbocycles. The molecular weight excluding hydrogens is 254 g/mol. The van der Waals surface area contributed by atoms with E-state index in [-0.39, 0.29) is 23.7 Å². The smallest absolute Gasteiger partial charge is 0.303 e. The van der Waals surface area contributed by atoms with Crippen LogP contribution in [0.25, 0.3) is 0 Å². The summed E-state index contributed by atoms with van der Waals surface area (Å²) in [6, 6.07) is 9.90. The third-order valence-corrected chi connectivity index (χ3v) is 3.33. The molecule has 4 heteroatoms. The number of nitrogens with one attached hydrogen (secondary N) is 1. The van der Waals surface area contributed by atoms with E-state index < -0.39 is 5.97 Å². The Bertz CT molecular complexity index is 454. The van der Waals surface area contributed by atoms with Gasteiger partial charge in [0.1, 0.15) is 0 Å². The van der Waals surface area contributed by atoms with Gasteiger partial charge in [-0.3, -0.25) is 9.59 Å². The molecule has 0 aliphatic rings. The Morgan fingerprint density at radius 1 is 1.25 bits per heavy atom. The first-order valence-corrected chi connectivity index (χ1v) is 6.85. The molecule has 110 valence electrons. The van der Waals surface area contributed by atoms with Crippen molar-refractivity contribution in [3.8, 4) is 0 Å². The predicted molar refractivity (Wildman–Crippen MR) is 78.5 cm³/mol. The molecule has 0 saturated carbocycles. The lowest BCUT2D eigenvalue weighted by atomic mass is 9.81. The van der Waals surface area contributed by atoms with E-state index in [1.54, 1.807) is 0 Å². The van der Waals surface area contributed by atoms with Gasteiger partial charge >= 0.3 is 5.97 Å². The summed E-state index contributed by atoms with van der Waals surface area (Å²) in [6.45, 7) is 6.28. The van der Waals surface area contributed by atoms with Crippen molar-refractivity contribution in [2.24, 2.45) is 5.92 Å². The zero-order valence-corrected chi connectivity index (χ0v) is 12.3. The molecule has 2 N–H and O–H groups in total. The summed E-state index contributed by atoms with van der Waals surface area (Å²) in [5.41, 5.74) is 0.884. The number of hydrogen-bond acceptors (Lipinski definition) is 2. The SMILES string of the molecule is CC(CNC(=O)CC(C)(C)c1ccccc1)CC(=O)O. The Balaban J connectivity index is 2.48. The van der Waals surface area contributed by atoms with Crippen LogP contribution < -0.4 is 5.32 Å². The maximum absolute atomic E-state index is 12.0. The summed E-state index contributed by atoms with van der Waals surface area (Å²) in [5, 5.41) is 11.5. The molecule has 1 unspecified atom stereocenters. The quantitative estimate of drug-likeness (QED) is 0.805. The fourth-order valence-electron chi connectivity index (χ4n) is 2.11. The van der Waals surface area contributed by atoms with Crippen molar-refractivity contribution in [3.05, 3.63) is 35.9 Å². The second-order valence-corrected chi connectivity index (χ2v) is 5.93. The highest BCUT2D eigenvalue weighted by atomic mass is 16.4. The van der Waals surface area contributed by atoms with Gasteiger partial charge in [-0.1, -0.05) is 51.1 Å². The van der Waals surface area contributed by atoms with Crippen LogP contribution in [0.5, 0.6) is 0 Å². The summed E-state index contributed by atoms with van der Waals surface area (Å²) >= 11 is 0. The van der Waals surface area contributed by atoms with Gasteiger partial charge in [-0.15, -0.1) is 0 Å². The number of aliphatic carboxylic acids is 1. The lowest BCUT2D eigenvalue weighted by Crippen LogP contribution is -2.34. The van der Waals surface area contributed by atoms with E-state index in [0.29, 0.717) is 13.0 Å². The molecule has 1 aromatic carbocycles. The highest BCUT2D eigenvalue weighted by Crippen LogP contribution is 2.26. The number of amides is 1. The summed E-state index contributed by atoms with van der Waals surface area (Å²) in [7, 11) is 0. The Hall–Kier alpha value is -1.84. The van der Waals surface area contributed by atoms with Gasteiger partial charge in [-0.25, -0.2) is 0 Å². The van der Waals surface area contributed by atoms with Gasteiger partial charge in [0.15, 0.2) is 0 Å². The lowest BCUT2D eigenvalue weighted by molar-refractivity contribution is -0.138. The number of carbonyl (C=O) groups is 2. The molecule has 0 heterocycles. The average Bonchev–Trinajstić information content (AvgIpc) is 2.36. The fourth-order valence-corrected chi connectivity index (χ4v) is 2.11. The van der Waals surface area contributed by atoms with E-state index in [0.717, 1.165) is 5.56 Å². The van der Waals surface area contributed by atoms with E-state index in [1.165, 1.54) is 0 Å². The minimum atomic E-state index is -0.837. The fraction of sp³-hybridized carbons (Fsp3) is 0.500. The molecule has 1 aromatic rings. The van der Waals surface area contributed by atoms with E-state index in [2.05, 4.69) is 5.32 Å². The van der Waals surface area contributed by atoms with Gasteiger partial charge in [0.25, 0.3) is 0 Å². The number of carbonyl (C=O) groups excluding carboxylic acids is 1. The van der Waals surface area contributed by atoms with Crippen LogP contribution in [0.3, 0.4) is 0 Å². The second kappa shape index (κ2) is 7.08. The predicted octanol–water partition coefficient (Wildman–Crippen LogP) is 2.58. The van der Waals surface area contributed by atoms with Crippen molar-refractivity contribution in [1.29, 1.82) is 0 Å². The van der Waals surface area contributed by atoms with Gasteiger partial charge < -0.3 is 10.4 Å². The maximum Gasteiger partial charge on any atom is 0.303 e. The van der Waals surface area contributed by atoms with Gasteiger partial charge in [0.05, 0.1) is 0 Å². The van der Waals surface area contributed by atoms with Crippen LogP contribution in [0.15, 0.2) is 30.3 Å². The summed E-state index contributed by atoms with van der Waals surface area (Å²) < 4.78 is 0. The normalized spacial score (nSPS) is 12.8. The number of carboxylic acids is 1. The first-order chi connectivity index (χ1) is 9.31. The Morgan fingerprint density at radius 3 is 2.40 bits per heavy atom. The van der Waals surface area contributed by atoms with Crippen LogP contribution in [0, 0.1) is 5.92 Å². The second-order valence-electron chi connectivity index (χ2n) is 5.93. The van der Waals surface area contributed by atoms with Crippen LogP contribution in [0.1, 0.15) is 39.2 Å². The van der Waals surface area contributed by atoms with Gasteiger partial charge in [-0.05, 0) is 16.9 Å². The Kier molecular flexibility index (Phi) is 5.74. The highest BCUT2D eigenvalue weighted by molar-refractivity contribution is 5.77. The molecule has 1 atom stereocenters. The third-order valence-electron chi connectivity index (χ3n) is 3.33. The van der Waals surface area contributed by atoms with Crippen LogP contribution in [-0.4, -0.2) is 23.5 Å². The van der Waals surface area contributed by atoms with E-state index in [1.807, 2.05) is 51.1 Å². The molecule has 1 rings (SSSR count). The first kappa shape index (κ1) is 16.2. The molecule has 20 heavy (non-hydrogen) atoms. The molecule has 1 amide bonds. The average molecular weight is 277 g/mol. The summed E-state index contributed by atoms with van der Waals surface area (Å²) in [5.74, 6) is -0.941. The number of benzene rings is 1. The largest absolute Gasteiger partial charge is 0.481 e. The third kappa shape index (κ3) is 5.43. The zero-order valence-electron chi connectivity index (χ0n) is 12.3. The van der Waals surface area contributed by atoms with E-state index in [4.69, 9.17) is 5.11 Å². The van der Waals surface area contributed by atoms with Crippen LogP contribution in [-0.2, 0) is 15.0 Å². The number of rotatable bonds is 7. The van der Waals surface area contributed by atoms with Crippen molar-refractivity contribution < 1.29 is 14.7 Å². The molecule has 0 fully saturated rings. The molecule has 0 saturated heterocycles. The van der Waals surface area contributed by atoms with Gasteiger partial charge in [0.2, 0.25) is 5.91 Å². The van der Waals surface area contributed by atoms with Crippen molar-refractivity contribution in [2.75, 3.05) is 6.54 Å². The van der Waals surface area contributed by atoms with Crippen LogP contribution in [0.2, 0.25) is 0 Å². The monoisotopic (exact) mass is 277 g/mol. The van der Waals surface area contributed by atoms with Crippen molar-refractivity contribution in [1.82, 2.24) is 5.32 Å². The summed E-state index contributed by atoms with van der Waals surface area (Å²) in [6.07, 6.45) is 0.458. The molecule has 4 nitrogen and oxygen atoms in total. The highest BCUT2D eigenvalue weighted by Gasteiger charge is 2.24. The minimum absolute atomic E-state index is 0.0453. The van der Waals surface area contributed by atoms with Crippen molar-refractivity contribution in [3.63, 3.8) is 0 Å².